The molecule has 1 aromatic heterocycles. The van der Waals surface area contributed by atoms with Crippen LogP contribution >= 0.6 is 0 Å². The molecule has 138 valence electrons. The molecule has 1 saturated heterocycles. The van der Waals surface area contributed by atoms with Crippen molar-refractivity contribution in [1.29, 1.82) is 0 Å². The monoisotopic (exact) mass is 364 g/mol. The number of hydrogen-bond donors (Lipinski definition) is 0. The van der Waals surface area contributed by atoms with E-state index in [1.54, 1.807) is 11.8 Å². The predicted octanol–water partition coefficient (Wildman–Crippen LogP) is 1.63. The van der Waals surface area contributed by atoms with E-state index < -0.39 is 0 Å². The highest BCUT2D eigenvalue weighted by molar-refractivity contribution is 5.94. The van der Waals surface area contributed by atoms with Gasteiger partial charge in [0.2, 0.25) is 0 Å². The molecule has 0 N–H and O–H groups in total. The molecule has 1 amide bonds. The van der Waals surface area contributed by atoms with Gasteiger partial charge in [-0.25, -0.2) is 4.68 Å². The van der Waals surface area contributed by atoms with Crippen molar-refractivity contribution in [2.45, 2.75) is 0 Å². The Labute approximate surface area is 157 Å². The van der Waals surface area contributed by atoms with Gasteiger partial charge in [-0.2, -0.15) is 0 Å². The first-order valence-corrected chi connectivity index (χ1v) is 8.77. The first-order chi connectivity index (χ1) is 13.3. The van der Waals surface area contributed by atoms with Crippen LogP contribution in [0.3, 0.4) is 0 Å². The Morgan fingerprint density at radius 2 is 1.74 bits per heavy atom. The van der Waals surface area contributed by atoms with Crippen molar-refractivity contribution in [1.82, 2.24) is 25.1 Å². The number of rotatable bonds is 4. The Kier molecular flexibility index (Phi) is 4.69. The summed E-state index contributed by atoms with van der Waals surface area (Å²) in [6.07, 6.45) is 1.52. The Morgan fingerprint density at radius 3 is 2.41 bits per heavy atom. The van der Waals surface area contributed by atoms with E-state index in [1.165, 1.54) is 6.33 Å². The van der Waals surface area contributed by atoms with Crippen molar-refractivity contribution < 1.29 is 9.53 Å². The Hall–Kier alpha value is -3.42. The fourth-order valence-electron chi connectivity index (χ4n) is 3.26. The molecule has 0 radical (unpaired) electrons. The molecule has 8 nitrogen and oxygen atoms in total. The number of tetrazole rings is 1. The number of carbonyl (C=O) groups excluding carboxylic acids is 1. The first kappa shape index (κ1) is 17.0. The van der Waals surface area contributed by atoms with E-state index in [-0.39, 0.29) is 5.91 Å². The van der Waals surface area contributed by atoms with Gasteiger partial charge in [0.15, 0.2) is 0 Å². The summed E-state index contributed by atoms with van der Waals surface area (Å²) in [6.45, 7) is 2.89. The molecule has 0 bridgehead atoms. The summed E-state index contributed by atoms with van der Waals surface area (Å²) < 4.78 is 7.00. The Bertz CT molecular complexity index is 902. The van der Waals surface area contributed by atoms with Crippen LogP contribution in [0, 0.1) is 0 Å². The number of anilines is 1. The zero-order valence-electron chi connectivity index (χ0n) is 15.0. The van der Waals surface area contributed by atoms with Gasteiger partial charge < -0.3 is 14.5 Å². The molecule has 1 aliphatic heterocycles. The van der Waals surface area contributed by atoms with E-state index >= 15 is 0 Å². The summed E-state index contributed by atoms with van der Waals surface area (Å²) in [5.41, 5.74) is 2.55. The van der Waals surface area contributed by atoms with Crippen LogP contribution < -0.4 is 9.64 Å². The normalized spacial score (nSPS) is 14.3. The molecule has 2 aromatic carbocycles. The number of aromatic nitrogens is 4. The number of piperazine rings is 1. The van der Waals surface area contributed by atoms with E-state index in [4.69, 9.17) is 4.74 Å². The fourth-order valence-corrected chi connectivity index (χ4v) is 3.26. The van der Waals surface area contributed by atoms with Gasteiger partial charge >= 0.3 is 0 Å². The zero-order chi connectivity index (χ0) is 18.6. The highest BCUT2D eigenvalue weighted by Gasteiger charge is 2.23. The van der Waals surface area contributed by atoms with Gasteiger partial charge in [0.25, 0.3) is 5.91 Å². The number of amides is 1. The molecule has 0 unspecified atom stereocenters. The Balaban J connectivity index is 1.41. The topological polar surface area (TPSA) is 76.4 Å². The largest absolute Gasteiger partial charge is 0.495 e. The van der Waals surface area contributed by atoms with Gasteiger partial charge in [-0.05, 0) is 46.8 Å². The minimum atomic E-state index is 0.0398. The molecular formula is C19H20N6O2. The average Bonchev–Trinajstić information content (AvgIpc) is 3.28. The number of benzene rings is 2. The molecule has 1 fully saturated rings. The number of ether oxygens (including phenoxy) is 1. The van der Waals surface area contributed by atoms with Gasteiger partial charge in [0, 0.05) is 31.7 Å². The second-order valence-electron chi connectivity index (χ2n) is 6.25. The summed E-state index contributed by atoms with van der Waals surface area (Å²) in [4.78, 5) is 16.9. The van der Waals surface area contributed by atoms with Crippen molar-refractivity contribution >= 4 is 11.6 Å². The van der Waals surface area contributed by atoms with E-state index in [1.807, 2.05) is 53.4 Å². The summed E-state index contributed by atoms with van der Waals surface area (Å²) >= 11 is 0. The van der Waals surface area contributed by atoms with E-state index in [9.17, 15) is 4.79 Å². The minimum Gasteiger partial charge on any atom is -0.495 e. The van der Waals surface area contributed by atoms with Gasteiger partial charge in [0.05, 0.1) is 18.5 Å². The second kappa shape index (κ2) is 7.45. The Morgan fingerprint density at radius 1 is 1.00 bits per heavy atom. The lowest BCUT2D eigenvalue weighted by Crippen LogP contribution is -2.48. The standard InChI is InChI=1S/C19H20N6O2/c1-27-18-5-3-2-4-17(18)23-10-12-24(13-11-23)19(26)15-6-8-16(9-7-15)25-14-20-21-22-25/h2-9,14H,10-13H2,1H3. The third-order valence-electron chi connectivity index (χ3n) is 4.72. The number of carbonyl (C=O) groups is 1. The molecule has 8 heteroatoms. The summed E-state index contributed by atoms with van der Waals surface area (Å²) in [6, 6.07) is 15.3. The fraction of sp³-hybridized carbons (Fsp3) is 0.263. The van der Waals surface area contributed by atoms with Crippen molar-refractivity contribution in [3.05, 3.63) is 60.4 Å². The molecule has 0 aliphatic carbocycles. The number of nitrogens with zero attached hydrogens (tertiary/aromatic N) is 6. The molecule has 2 heterocycles. The maximum Gasteiger partial charge on any atom is 0.253 e. The molecule has 3 aromatic rings. The van der Waals surface area contributed by atoms with Crippen molar-refractivity contribution in [3.63, 3.8) is 0 Å². The van der Waals surface area contributed by atoms with Crippen LogP contribution in [-0.2, 0) is 0 Å². The highest BCUT2D eigenvalue weighted by Crippen LogP contribution is 2.28. The SMILES string of the molecule is COc1ccccc1N1CCN(C(=O)c2ccc(-n3cnnn3)cc2)CC1. The molecule has 1 aliphatic rings. The van der Waals surface area contributed by atoms with Crippen LogP contribution in [0.1, 0.15) is 10.4 Å². The summed E-state index contributed by atoms with van der Waals surface area (Å²) in [5.74, 6) is 0.897. The van der Waals surface area contributed by atoms with Crippen LogP contribution in [0.15, 0.2) is 54.9 Å². The van der Waals surface area contributed by atoms with E-state index in [0.29, 0.717) is 18.7 Å². The number of hydrogen-bond acceptors (Lipinski definition) is 6. The van der Waals surface area contributed by atoms with Crippen LogP contribution in [-0.4, -0.2) is 64.3 Å². The predicted molar refractivity (Wildman–Crippen MR) is 100 cm³/mol. The van der Waals surface area contributed by atoms with Crippen molar-refractivity contribution in [3.8, 4) is 11.4 Å². The van der Waals surface area contributed by atoms with Gasteiger partial charge in [-0.15, -0.1) is 5.10 Å². The third-order valence-corrected chi connectivity index (χ3v) is 4.72. The van der Waals surface area contributed by atoms with Crippen molar-refractivity contribution in [2.24, 2.45) is 0 Å². The molecule has 0 saturated carbocycles. The minimum absolute atomic E-state index is 0.0398. The van der Waals surface area contributed by atoms with Crippen LogP contribution in [0.25, 0.3) is 5.69 Å². The van der Waals surface area contributed by atoms with Crippen LogP contribution in [0.2, 0.25) is 0 Å². The maximum atomic E-state index is 12.8. The van der Waals surface area contributed by atoms with Gasteiger partial charge in [-0.3, -0.25) is 4.79 Å². The smallest absolute Gasteiger partial charge is 0.253 e. The lowest BCUT2D eigenvalue weighted by molar-refractivity contribution is 0.0746. The maximum absolute atomic E-state index is 12.8. The van der Waals surface area contributed by atoms with Crippen molar-refractivity contribution in [2.75, 3.05) is 38.2 Å². The molecular weight excluding hydrogens is 344 g/mol. The van der Waals surface area contributed by atoms with Crippen LogP contribution in [0.4, 0.5) is 5.69 Å². The summed E-state index contributed by atoms with van der Waals surface area (Å²) in [7, 11) is 1.68. The summed E-state index contributed by atoms with van der Waals surface area (Å²) in [5, 5.41) is 11.1. The molecule has 0 atom stereocenters. The lowest BCUT2D eigenvalue weighted by atomic mass is 10.1. The third kappa shape index (κ3) is 3.46. The highest BCUT2D eigenvalue weighted by atomic mass is 16.5. The second-order valence-corrected chi connectivity index (χ2v) is 6.25. The number of para-hydroxylation sites is 2. The molecule has 27 heavy (non-hydrogen) atoms. The van der Waals surface area contributed by atoms with E-state index in [0.717, 1.165) is 30.2 Å². The first-order valence-electron chi connectivity index (χ1n) is 8.77. The van der Waals surface area contributed by atoms with E-state index in [2.05, 4.69) is 20.4 Å². The van der Waals surface area contributed by atoms with Gasteiger partial charge in [-0.1, -0.05) is 12.1 Å². The average molecular weight is 364 g/mol. The van der Waals surface area contributed by atoms with Gasteiger partial charge in [0.1, 0.15) is 12.1 Å². The quantitative estimate of drug-likeness (QED) is 0.700. The van der Waals surface area contributed by atoms with Crippen LogP contribution in [0.5, 0.6) is 5.75 Å². The lowest BCUT2D eigenvalue weighted by Gasteiger charge is -2.36. The number of methoxy groups -OCH3 is 1. The zero-order valence-corrected chi connectivity index (χ0v) is 15.0. The molecule has 4 rings (SSSR count). The molecule has 0 spiro atoms.